The van der Waals surface area contributed by atoms with Crippen LogP contribution in [0.5, 0.6) is 0 Å². The standard InChI is InChI=1S/C30H33ClF3N3O4S/c1-20(2)35-29(39)27(16-22-8-6-5-7-9-22)36(18-23-12-10-21(3)11-13-23)28(38)19-37(42(4,40)41)26-17-24(30(32,33)34)14-15-25(26)31/h5-15,17,20,27H,16,18-19H2,1-4H3,(H,35,39)/t27-/m0/s1. The number of halogens is 4. The molecule has 0 heterocycles. The summed E-state index contributed by atoms with van der Waals surface area (Å²) in [5.41, 5.74) is 0.774. The van der Waals surface area contributed by atoms with Crippen molar-refractivity contribution in [2.45, 2.75) is 52.0 Å². The lowest BCUT2D eigenvalue weighted by molar-refractivity contribution is -0.140. The minimum atomic E-state index is -4.78. The van der Waals surface area contributed by atoms with Gasteiger partial charge in [-0.1, -0.05) is 71.8 Å². The number of rotatable bonds is 11. The van der Waals surface area contributed by atoms with Crippen LogP contribution in [-0.2, 0) is 38.8 Å². The fraction of sp³-hybridized carbons (Fsp3) is 0.333. The van der Waals surface area contributed by atoms with Gasteiger partial charge >= 0.3 is 6.18 Å². The summed E-state index contributed by atoms with van der Waals surface area (Å²) in [4.78, 5) is 28.8. The molecule has 42 heavy (non-hydrogen) atoms. The first-order valence-electron chi connectivity index (χ1n) is 13.1. The second-order valence-electron chi connectivity index (χ2n) is 10.3. The van der Waals surface area contributed by atoms with Crippen LogP contribution in [0.3, 0.4) is 0 Å². The van der Waals surface area contributed by atoms with Crippen LogP contribution in [0, 0.1) is 6.92 Å². The molecule has 12 heteroatoms. The number of anilines is 1. The lowest BCUT2D eigenvalue weighted by atomic mass is 10.0. The van der Waals surface area contributed by atoms with Crippen LogP contribution in [-0.4, -0.2) is 50.0 Å². The molecule has 0 saturated carbocycles. The molecule has 3 aromatic carbocycles. The van der Waals surface area contributed by atoms with Gasteiger partial charge in [-0.15, -0.1) is 0 Å². The van der Waals surface area contributed by atoms with Gasteiger partial charge in [0.1, 0.15) is 12.6 Å². The summed E-state index contributed by atoms with van der Waals surface area (Å²) in [6, 6.07) is 17.2. The van der Waals surface area contributed by atoms with Gasteiger partial charge in [0.15, 0.2) is 0 Å². The van der Waals surface area contributed by atoms with Crippen molar-refractivity contribution in [2.24, 2.45) is 0 Å². The molecule has 0 fully saturated rings. The first-order valence-corrected chi connectivity index (χ1v) is 15.3. The lowest BCUT2D eigenvalue weighted by Crippen LogP contribution is -2.54. The van der Waals surface area contributed by atoms with Crippen LogP contribution < -0.4 is 9.62 Å². The molecular formula is C30H33ClF3N3O4S. The number of nitrogens with one attached hydrogen (secondary N) is 1. The van der Waals surface area contributed by atoms with Crippen LogP contribution in [0.25, 0.3) is 0 Å². The molecule has 0 aliphatic heterocycles. The fourth-order valence-electron chi connectivity index (χ4n) is 4.30. The predicted octanol–water partition coefficient (Wildman–Crippen LogP) is 5.60. The van der Waals surface area contributed by atoms with Crippen molar-refractivity contribution in [1.29, 1.82) is 0 Å². The van der Waals surface area contributed by atoms with E-state index in [2.05, 4.69) is 5.32 Å². The summed E-state index contributed by atoms with van der Waals surface area (Å²) in [7, 11) is -4.30. The minimum absolute atomic E-state index is 0.0595. The molecule has 2 amide bonds. The first-order chi connectivity index (χ1) is 19.6. The van der Waals surface area contributed by atoms with Crippen molar-refractivity contribution >= 4 is 39.1 Å². The van der Waals surface area contributed by atoms with Gasteiger partial charge in [0.25, 0.3) is 0 Å². The van der Waals surface area contributed by atoms with Gasteiger partial charge < -0.3 is 10.2 Å². The average molecular weight is 624 g/mol. The Morgan fingerprint density at radius 2 is 1.57 bits per heavy atom. The molecule has 0 radical (unpaired) electrons. The number of hydrogen-bond acceptors (Lipinski definition) is 4. The first kappa shape index (κ1) is 32.9. The van der Waals surface area contributed by atoms with Gasteiger partial charge in [-0.25, -0.2) is 8.42 Å². The van der Waals surface area contributed by atoms with E-state index in [1.165, 1.54) is 4.90 Å². The quantitative estimate of drug-likeness (QED) is 0.301. The van der Waals surface area contributed by atoms with Crippen molar-refractivity contribution < 1.29 is 31.2 Å². The second-order valence-corrected chi connectivity index (χ2v) is 12.6. The Balaban J connectivity index is 2.11. The molecule has 0 aromatic heterocycles. The molecule has 3 rings (SSSR count). The lowest BCUT2D eigenvalue weighted by Gasteiger charge is -2.34. The average Bonchev–Trinajstić information content (AvgIpc) is 2.89. The summed E-state index contributed by atoms with van der Waals surface area (Å²) in [5.74, 6) is -1.26. The zero-order valence-corrected chi connectivity index (χ0v) is 25.2. The molecule has 0 spiro atoms. The van der Waals surface area contributed by atoms with E-state index in [0.29, 0.717) is 15.9 Å². The Morgan fingerprint density at radius 1 is 0.952 bits per heavy atom. The van der Waals surface area contributed by atoms with E-state index in [4.69, 9.17) is 11.6 Å². The highest BCUT2D eigenvalue weighted by Crippen LogP contribution is 2.36. The summed E-state index contributed by atoms with van der Waals surface area (Å²) in [5, 5.41) is 2.54. The topological polar surface area (TPSA) is 86.8 Å². The molecular weight excluding hydrogens is 591 g/mol. The van der Waals surface area contributed by atoms with E-state index < -0.39 is 51.9 Å². The summed E-state index contributed by atoms with van der Waals surface area (Å²) in [6.07, 6.45) is -3.89. The van der Waals surface area contributed by atoms with Gasteiger partial charge in [0, 0.05) is 19.0 Å². The van der Waals surface area contributed by atoms with E-state index >= 15 is 0 Å². The highest BCUT2D eigenvalue weighted by atomic mass is 35.5. The van der Waals surface area contributed by atoms with E-state index in [1.54, 1.807) is 50.2 Å². The number of nitrogens with zero attached hydrogens (tertiary/aromatic N) is 2. The Labute approximate surface area is 249 Å². The smallest absolute Gasteiger partial charge is 0.352 e. The maximum atomic E-state index is 14.0. The summed E-state index contributed by atoms with van der Waals surface area (Å²) >= 11 is 6.17. The van der Waals surface area contributed by atoms with Gasteiger partial charge in [-0.2, -0.15) is 13.2 Å². The van der Waals surface area contributed by atoms with Crippen LogP contribution in [0.15, 0.2) is 72.8 Å². The Hall–Kier alpha value is -3.57. The minimum Gasteiger partial charge on any atom is -0.352 e. The maximum Gasteiger partial charge on any atom is 0.416 e. The number of alkyl halides is 3. The number of hydrogen-bond donors (Lipinski definition) is 1. The summed E-state index contributed by atoms with van der Waals surface area (Å²) in [6.45, 7) is 4.49. The Morgan fingerprint density at radius 3 is 2.12 bits per heavy atom. The maximum absolute atomic E-state index is 14.0. The normalized spacial score (nSPS) is 12.6. The number of sulfonamides is 1. The monoisotopic (exact) mass is 623 g/mol. The van der Waals surface area contributed by atoms with Gasteiger partial charge in [0.2, 0.25) is 21.8 Å². The molecule has 1 atom stereocenters. The van der Waals surface area contributed by atoms with Gasteiger partial charge in [0.05, 0.1) is 22.5 Å². The Kier molecular flexibility index (Phi) is 10.7. The molecule has 0 bridgehead atoms. The summed E-state index contributed by atoms with van der Waals surface area (Å²) < 4.78 is 66.8. The largest absolute Gasteiger partial charge is 0.416 e. The van der Waals surface area contributed by atoms with Crippen LogP contribution >= 0.6 is 11.6 Å². The number of carbonyl (C=O) groups is 2. The van der Waals surface area contributed by atoms with E-state index in [-0.39, 0.29) is 24.0 Å². The third-order valence-electron chi connectivity index (χ3n) is 6.40. The fourth-order valence-corrected chi connectivity index (χ4v) is 5.42. The molecule has 226 valence electrons. The van der Waals surface area contributed by atoms with Crippen LogP contribution in [0.2, 0.25) is 5.02 Å². The van der Waals surface area contributed by atoms with Crippen molar-refractivity contribution in [2.75, 3.05) is 17.1 Å². The highest BCUT2D eigenvalue weighted by molar-refractivity contribution is 7.92. The molecule has 1 N–H and O–H groups in total. The number of benzene rings is 3. The van der Waals surface area contributed by atoms with E-state index in [1.807, 2.05) is 25.1 Å². The van der Waals surface area contributed by atoms with E-state index in [9.17, 15) is 31.2 Å². The van der Waals surface area contributed by atoms with Crippen LogP contribution in [0.1, 0.15) is 36.1 Å². The second kappa shape index (κ2) is 13.6. The number of carbonyl (C=O) groups excluding carboxylic acids is 2. The van der Waals surface area contributed by atoms with Crippen molar-refractivity contribution in [3.63, 3.8) is 0 Å². The predicted molar refractivity (Wildman–Crippen MR) is 158 cm³/mol. The molecule has 0 unspecified atom stereocenters. The highest BCUT2D eigenvalue weighted by Gasteiger charge is 2.36. The SMILES string of the molecule is Cc1ccc(CN(C(=O)CN(c2cc(C(F)(F)F)ccc2Cl)S(C)(=O)=O)[C@@H](Cc2ccccc2)C(=O)NC(C)C)cc1. The molecule has 0 aliphatic carbocycles. The van der Waals surface area contributed by atoms with Gasteiger partial charge in [-0.3, -0.25) is 13.9 Å². The zero-order chi connectivity index (χ0) is 31.2. The van der Waals surface area contributed by atoms with Crippen molar-refractivity contribution in [1.82, 2.24) is 10.2 Å². The Bertz CT molecular complexity index is 1500. The molecule has 7 nitrogen and oxygen atoms in total. The third-order valence-corrected chi connectivity index (χ3v) is 7.84. The zero-order valence-electron chi connectivity index (χ0n) is 23.7. The van der Waals surface area contributed by atoms with Crippen LogP contribution in [0.4, 0.5) is 18.9 Å². The molecule has 3 aromatic rings. The molecule has 0 saturated heterocycles. The number of amides is 2. The van der Waals surface area contributed by atoms with Crippen molar-refractivity contribution in [3.8, 4) is 0 Å². The number of aryl methyl sites for hydroxylation is 1. The van der Waals surface area contributed by atoms with Gasteiger partial charge in [-0.05, 0) is 50.1 Å². The molecule has 0 aliphatic rings. The van der Waals surface area contributed by atoms with E-state index in [0.717, 1.165) is 29.5 Å². The third kappa shape index (κ3) is 8.96. The van der Waals surface area contributed by atoms with Crippen molar-refractivity contribution in [3.05, 3.63) is 100 Å².